The summed E-state index contributed by atoms with van der Waals surface area (Å²) in [7, 11) is 1.57. The molecule has 0 radical (unpaired) electrons. The third-order valence-electron chi connectivity index (χ3n) is 10.1. The number of carbonyl (C=O) groups excluding carboxylic acids is 3. The summed E-state index contributed by atoms with van der Waals surface area (Å²) >= 11 is 0. The zero-order valence-electron chi connectivity index (χ0n) is 29.5. The van der Waals surface area contributed by atoms with E-state index in [-0.39, 0.29) is 30.3 Å². The molecule has 52 heavy (non-hydrogen) atoms. The van der Waals surface area contributed by atoms with E-state index in [0.717, 1.165) is 35.3 Å². The minimum atomic E-state index is -0.990. The Hall–Kier alpha value is -5.90. The van der Waals surface area contributed by atoms with Crippen molar-refractivity contribution in [3.05, 3.63) is 156 Å². The van der Waals surface area contributed by atoms with Gasteiger partial charge in [-0.3, -0.25) is 9.59 Å². The number of benzene rings is 4. The van der Waals surface area contributed by atoms with Crippen molar-refractivity contribution < 1.29 is 23.9 Å². The van der Waals surface area contributed by atoms with E-state index in [4.69, 9.17) is 9.47 Å². The predicted octanol–water partition coefficient (Wildman–Crippen LogP) is 6.30. The number of ether oxygens (including phenoxy) is 2. The first-order chi connectivity index (χ1) is 25.3. The topological polar surface area (TPSA) is 126 Å². The summed E-state index contributed by atoms with van der Waals surface area (Å²) in [5, 5.41) is 5.89. The van der Waals surface area contributed by atoms with Crippen LogP contribution in [0.3, 0.4) is 0 Å². The number of nitrogens with zero attached hydrogens (tertiary/aromatic N) is 2. The number of likely N-dealkylation sites (N-methyl/N-ethyl adjacent to an activating group) is 1. The molecule has 1 aliphatic carbocycles. The van der Waals surface area contributed by atoms with Crippen molar-refractivity contribution in [3.8, 4) is 5.75 Å². The van der Waals surface area contributed by atoms with Crippen molar-refractivity contribution in [1.82, 2.24) is 25.5 Å². The van der Waals surface area contributed by atoms with Gasteiger partial charge in [-0.15, -0.1) is 0 Å². The lowest BCUT2D eigenvalue weighted by atomic mass is 9.54. The molecule has 0 saturated heterocycles. The van der Waals surface area contributed by atoms with Crippen molar-refractivity contribution in [2.75, 3.05) is 13.6 Å². The largest absolute Gasteiger partial charge is 0.489 e. The molecule has 6 rings (SSSR count). The van der Waals surface area contributed by atoms with Crippen LogP contribution in [0.15, 0.2) is 128 Å². The van der Waals surface area contributed by atoms with Crippen LogP contribution >= 0.6 is 0 Å². The molecular weight excluding hydrogens is 654 g/mol. The molecule has 1 fully saturated rings. The number of amides is 3. The van der Waals surface area contributed by atoms with Gasteiger partial charge < -0.3 is 30.0 Å². The Morgan fingerprint density at radius 2 is 1.52 bits per heavy atom. The van der Waals surface area contributed by atoms with E-state index in [2.05, 4.69) is 44.9 Å². The van der Waals surface area contributed by atoms with Crippen molar-refractivity contribution in [2.24, 2.45) is 0 Å². The highest BCUT2D eigenvalue weighted by Gasteiger charge is 2.49. The SMILES string of the molecule is C[C@H](C(=O)NCC1(c2ccccc2)CCC1c1ccc(OCc2ccccc2)cc1)N(C)C(=O)[C@H](Cc1cnc[nH]1)NC(=O)OCc1ccccc1. The van der Waals surface area contributed by atoms with Gasteiger partial charge in [0, 0.05) is 37.3 Å². The number of imidazole rings is 1. The van der Waals surface area contributed by atoms with Crippen LogP contribution in [0.5, 0.6) is 5.75 Å². The maximum atomic E-state index is 13.8. The van der Waals surface area contributed by atoms with Gasteiger partial charge in [0.25, 0.3) is 0 Å². The zero-order chi connectivity index (χ0) is 36.3. The summed E-state index contributed by atoms with van der Waals surface area (Å²) in [6.07, 6.45) is 4.39. The second-order valence-corrected chi connectivity index (χ2v) is 13.3. The molecule has 1 aliphatic rings. The van der Waals surface area contributed by atoms with E-state index < -0.39 is 24.1 Å². The second-order valence-electron chi connectivity index (χ2n) is 13.3. The van der Waals surface area contributed by atoms with Crippen LogP contribution < -0.4 is 15.4 Å². The van der Waals surface area contributed by atoms with Crippen LogP contribution in [-0.4, -0.2) is 58.5 Å². The first kappa shape index (κ1) is 35.9. The average molecular weight is 700 g/mol. The van der Waals surface area contributed by atoms with Crippen LogP contribution in [0, 0.1) is 0 Å². The minimum Gasteiger partial charge on any atom is -0.489 e. The Bertz CT molecular complexity index is 1890. The summed E-state index contributed by atoms with van der Waals surface area (Å²) in [4.78, 5) is 48.8. The fourth-order valence-electron chi connectivity index (χ4n) is 6.82. The first-order valence-electron chi connectivity index (χ1n) is 17.6. The van der Waals surface area contributed by atoms with Gasteiger partial charge in [0.05, 0.1) is 6.33 Å². The molecule has 1 saturated carbocycles. The Kier molecular flexibility index (Phi) is 11.7. The fraction of sp³-hybridized carbons (Fsp3) is 0.286. The number of hydrogen-bond acceptors (Lipinski definition) is 6. The number of aromatic nitrogens is 2. The van der Waals surface area contributed by atoms with Crippen LogP contribution in [-0.2, 0) is 39.4 Å². The molecule has 0 bridgehead atoms. The quantitative estimate of drug-likeness (QED) is 0.118. The monoisotopic (exact) mass is 699 g/mol. The molecule has 5 aromatic rings. The number of rotatable bonds is 15. The van der Waals surface area contributed by atoms with Crippen molar-refractivity contribution >= 4 is 17.9 Å². The van der Waals surface area contributed by atoms with E-state index >= 15 is 0 Å². The van der Waals surface area contributed by atoms with E-state index in [1.807, 2.05) is 91.0 Å². The van der Waals surface area contributed by atoms with Crippen molar-refractivity contribution in [2.45, 2.75) is 62.8 Å². The molecule has 1 aromatic heterocycles. The molecule has 10 heteroatoms. The lowest BCUT2D eigenvalue weighted by molar-refractivity contribution is -0.140. The van der Waals surface area contributed by atoms with E-state index in [1.165, 1.54) is 16.8 Å². The van der Waals surface area contributed by atoms with Gasteiger partial charge in [-0.05, 0) is 60.1 Å². The summed E-state index contributed by atoms with van der Waals surface area (Å²) in [6.45, 7) is 2.65. The van der Waals surface area contributed by atoms with Crippen LogP contribution in [0.2, 0.25) is 0 Å². The zero-order valence-corrected chi connectivity index (χ0v) is 29.5. The predicted molar refractivity (Wildman–Crippen MR) is 198 cm³/mol. The molecule has 4 aromatic carbocycles. The smallest absolute Gasteiger partial charge is 0.408 e. The lowest BCUT2D eigenvalue weighted by Crippen LogP contribution is -2.56. The van der Waals surface area contributed by atoms with Crippen LogP contribution in [0.1, 0.15) is 53.6 Å². The molecule has 4 atom stereocenters. The molecular formula is C42H45N5O5. The lowest BCUT2D eigenvalue weighted by Gasteiger charge is -2.51. The van der Waals surface area contributed by atoms with Crippen LogP contribution in [0.4, 0.5) is 4.79 Å². The van der Waals surface area contributed by atoms with Gasteiger partial charge in [-0.1, -0.05) is 103 Å². The number of aromatic amines is 1. The molecule has 3 amide bonds. The fourth-order valence-corrected chi connectivity index (χ4v) is 6.82. The number of nitrogens with one attached hydrogen (secondary N) is 3. The van der Waals surface area contributed by atoms with Gasteiger partial charge in [-0.2, -0.15) is 0 Å². The van der Waals surface area contributed by atoms with Gasteiger partial charge in [-0.25, -0.2) is 9.78 Å². The first-order valence-corrected chi connectivity index (χ1v) is 17.6. The van der Waals surface area contributed by atoms with Gasteiger partial charge in [0.15, 0.2) is 0 Å². The standard InChI is InChI=1S/C42H45N5O5/c1-30(47(2)40(49)38(24-35-25-43-29-45-35)46-41(50)52-27-32-14-8-4-9-15-32)39(48)44-28-42(34-16-10-5-11-17-34)23-22-37(42)33-18-20-36(21-19-33)51-26-31-12-6-3-7-13-31/h3-21,25,29-30,37-38H,22-24,26-28H2,1-2H3,(H,43,45)(H,44,48)(H,46,50)/t30-,37?,38+,42?/m1/s1. The third-order valence-corrected chi connectivity index (χ3v) is 10.1. The molecule has 2 unspecified atom stereocenters. The normalized spacial score (nSPS) is 17.5. The van der Waals surface area contributed by atoms with Gasteiger partial charge >= 0.3 is 6.09 Å². The number of hydrogen-bond donors (Lipinski definition) is 3. The number of alkyl carbamates (subject to hydrolysis) is 1. The Labute approximate surface area is 304 Å². The minimum absolute atomic E-state index is 0.0582. The molecule has 0 aliphatic heterocycles. The number of carbonyl (C=O) groups is 3. The molecule has 3 N–H and O–H groups in total. The Morgan fingerprint density at radius 1 is 0.885 bits per heavy atom. The van der Waals surface area contributed by atoms with Crippen molar-refractivity contribution in [3.63, 3.8) is 0 Å². The summed E-state index contributed by atoms with van der Waals surface area (Å²) in [6, 6.07) is 36.1. The molecule has 268 valence electrons. The number of H-pyrrole nitrogens is 1. The van der Waals surface area contributed by atoms with E-state index in [9.17, 15) is 14.4 Å². The van der Waals surface area contributed by atoms with E-state index in [1.54, 1.807) is 20.2 Å². The summed E-state index contributed by atoms with van der Waals surface area (Å²) in [5.74, 6) is 0.269. The summed E-state index contributed by atoms with van der Waals surface area (Å²) < 4.78 is 11.4. The molecule has 0 spiro atoms. The Morgan fingerprint density at radius 3 is 2.12 bits per heavy atom. The molecule has 10 nitrogen and oxygen atoms in total. The second kappa shape index (κ2) is 16.9. The third kappa shape index (κ3) is 8.69. The Balaban J connectivity index is 1.11. The van der Waals surface area contributed by atoms with Crippen LogP contribution in [0.25, 0.3) is 0 Å². The highest BCUT2D eigenvalue weighted by atomic mass is 16.5. The molecule has 1 heterocycles. The maximum absolute atomic E-state index is 13.8. The highest BCUT2D eigenvalue weighted by molar-refractivity contribution is 5.91. The van der Waals surface area contributed by atoms with Gasteiger partial charge in [0.2, 0.25) is 11.8 Å². The maximum Gasteiger partial charge on any atom is 0.408 e. The van der Waals surface area contributed by atoms with Gasteiger partial charge in [0.1, 0.15) is 31.0 Å². The van der Waals surface area contributed by atoms with E-state index in [0.29, 0.717) is 18.8 Å². The highest BCUT2D eigenvalue weighted by Crippen LogP contribution is 2.54. The average Bonchev–Trinajstić information content (AvgIpc) is 3.70. The van der Waals surface area contributed by atoms with Crippen molar-refractivity contribution in [1.29, 1.82) is 0 Å². The summed E-state index contributed by atoms with van der Waals surface area (Å²) in [5.41, 5.74) is 4.61.